The molecule has 0 bridgehead atoms. The minimum Gasteiger partial charge on any atom is -0.361 e. The van der Waals surface area contributed by atoms with Gasteiger partial charge in [0.05, 0.1) is 12.2 Å². The molecule has 0 atom stereocenters. The van der Waals surface area contributed by atoms with Crippen molar-refractivity contribution < 1.29 is 4.79 Å². The number of rotatable bonds is 3. The molecule has 3 aromatic rings. The molecule has 5 rings (SSSR count). The van der Waals surface area contributed by atoms with Gasteiger partial charge in [0.25, 0.3) is 11.5 Å². The smallest absolute Gasteiger partial charge is 0.267 e. The highest BCUT2D eigenvalue weighted by Crippen LogP contribution is 2.24. The van der Waals surface area contributed by atoms with Crippen molar-refractivity contribution in [2.45, 2.75) is 18.7 Å². The Morgan fingerprint density at radius 1 is 1.26 bits per heavy atom. The average Bonchev–Trinajstić information content (AvgIpc) is 3.11. The summed E-state index contributed by atoms with van der Waals surface area (Å²) >= 11 is 1.85. The number of aromatic nitrogens is 3. The highest BCUT2D eigenvalue weighted by atomic mass is 32.2. The van der Waals surface area contributed by atoms with Crippen LogP contribution in [0.3, 0.4) is 0 Å². The molecule has 0 radical (unpaired) electrons. The van der Waals surface area contributed by atoms with E-state index in [2.05, 4.69) is 10.1 Å². The molecule has 2 aliphatic heterocycles. The molecule has 7 heteroatoms. The van der Waals surface area contributed by atoms with Crippen LogP contribution in [0.2, 0.25) is 0 Å². The molecule has 0 aliphatic carbocycles. The minimum atomic E-state index is -0.0288. The Morgan fingerprint density at radius 3 is 3.04 bits per heavy atom. The molecule has 4 heterocycles. The zero-order valence-corrected chi connectivity index (χ0v) is 15.7. The Morgan fingerprint density at radius 2 is 2.15 bits per heavy atom. The lowest BCUT2D eigenvalue weighted by Gasteiger charge is -2.39. The van der Waals surface area contributed by atoms with Crippen molar-refractivity contribution in [2.24, 2.45) is 5.92 Å². The van der Waals surface area contributed by atoms with Gasteiger partial charge in [-0.25, -0.2) is 4.68 Å². The second-order valence-corrected chi connectivity index (χ2v) is 8.40. The Labute approximate surface area is 160 Å². The molecule has 1 fully saturated rings. The standard InChI is InChI=1S/C20H20N4O2S/c25-19-8-16-12-27-6-4-18(16)22-24(19)11-13-9-23(10-13)20(26)15-1-2-17-14(7-15)3-5-21-17/h1-3,5,7-8,13,21H,4,6,9-12H2. The van der Waals surface area contributed by atoms with Gasteiger partial charge < -0.3 is 9.88 Å². The molecule has 0 saturated carbocycles. The Kier molecular flexibility index (Phi) is 4.04. The number of nitrogens with one attached hydrogen (secondary N) is 1. The first kappa shape index (κ1) is 16.6. The van der Waals surface area contributed by atoms with Gasteiger partial charge in [0.15, 0.2) is 0 Å². The van der Waals surface area contributed by atoms with Crippen LogP contribution in [0, 0.1) is 5.92 Å². The fourth-order valence-electron chi connectivity index (χ4n) is 3.85. The second-order valence-electron chi connectivity index (χ2n) is 7.30. The predicted molar refractivity (Wildman–Crippen MR) is 106 cm³/mol. The predicted octanol–water partition coefficient (Wildman–Crippen LogP) is 2.29. The van der Waals surface area contributed by atoms with E-state index < -0.39 is 0 Å². The van der Waals surface area contributed by atoms with Gasteiger partial charge in [-0.1, -0.05) is 0 Å². The zero-order chi connectivity index (χ0) is 18.4. The van der Waals surface area contributed by atoms with Gasteiger partial charge in [-0.2, -0.15) is 16.9 Å². The van der Waals surface area contributed by atoms with Crippen LogP contribution in [-0.4, -0.2) is 44.4 Å². The first-order valence-electron chi connectivity index (χ1n) is 9.21. The number of benzene rings is 1. The fraction of sp³-hybridized carbons (Fsp3) is 0.350. The molecule has 0 spiro atoms. The summed E-state index contributed by atoms with van der Waals surface area (Å²) < 4.78 is 1.59. The molecular formula is C20H20N4O2S. The molecule has 2 aliphatic rings. The molecule has 138 valence electrons. The van der Waals surface area contributed by atoms with E-state index in [1.807, 2.05) is 47.1 Å². The number of hydrogen-bond acceptors (Lipinski definition) is 4. The quantitative estimate of drug-likeness (QED) is 0.757. The maximum Gasteiger partial charge on any atom is 0.267 e. The Bertz CT molecular complexity index is 1080. The number of aromatic amines is 1. The van der Waals surface area contributed by atoms with E-state index in [1.54, 1.807) is 10.7 Å². The first-order valence-corrected chi connectivity index (χ1v) is 10.4. The number of likely N-dealkylation sites (tertiary alicyclic amines) is 1. The van der Waals surface area contributed by atoms with Gasteiger partial charge in [-0.05, 0) is 35.6 Å². The third-order valence-electron chi connectivity index (χ3n) is 5.38. The van der Waals surface area contributed by atoms with E-state index in [-0.39, 0.29) is 17.4 Å². The number of carbonyl (C=O) groups excluding carboxylic acids is 1. The maximum atomic E-state index is 12.7. The van der Waals surface area contributed by atoms with Gasteiger partial charge in [-0.3, -0.25) is 9.59 Å². The van der Waals surface area contributed by atoms with E-state index in [1.165, 1.54) is 0 Å². The van der Waals surface area contributed by atoms with Crippen molar-refractivity contribution >= 4 is 28.6 Å². The summed E-state index contributed by atoms with van der Waals surface area (Å²) in [7, 11) is 0. The number of thioether (sulfide) groups is 1. The second kappa shape index (κ2) is 6.56. The molecule has 1 amide bonds. The SMILES string of the molecule is O=C(c1ccc2[nH]ccc2c1)N1CC(Cn2nc3c(cc2=O)CSCC3)C1. The first-order chi connectivity index (χ1) is 13.2. The highest BCUT2D eigenvalue weighted by molar-refractivity contribution is 7.98. The molecule has 2 aromatic heterocycles. The van der Waals surface area contributed by atoms with Crippen LogP contribution in [0.25, 0.3) is 10.9 Å². The van der Waals surface area contributed by atoms with Crippen LogP contribution in [0.5, 0.6) is 0 Å². The number of hydrogen-bond donors (Lipinski definition) is 1. The Balaban J connectivity index is 1.25. The minimum absolute atomic E-state index is 0.0288. The summed E-state index contributed by atoms with van der Waals surface area (Å²) in [5, 5.41) is 5.62. The van der Waals surface area contributed by atoms with Crippen LogP contribution in [0.15, 0.2) is 41.3 Å². The largest absolute Gasteiger partial charge is 0.361 e. The summed E-state index contributed by atoms with van der Waals surface area (Å²) in [6.45, 7) is 1.93. The lowest BCUT2D eigenvalue weighted by molar-refractivity contribution is 0.0458. The number of aryl methyl sites for hydroxylation is 1. The summed E-state index contributed by atoms with van der Waals surface area (Å²) in [4.78, 5) is 30.0. The van der Waals surface area contributed by atoms with Crippen LogP contribution in [-0.2, 0) is 18.7 Å². The van der Waals surface area contributed by atoms with Crippen LogP contribution in [0.4, 0.5) is 0 Å². The molecule has 1 N–H and O–H groups in total. The van der Waals surface area contributed by atoms with Gasteiger partial charge in [0.2, 0.25) is 0 Å². The van der Waals surface area contributed by atoms with Crippen molar-refractivity contribution in [1.82, 2.24) is 19.7 Å². The van der Waals surface area contributed by atoms with E-state index in [9.17, 15) is 9.59 Å². The Hall–Kier alpha value is -2.54. The van der Waals surface area contributed by atoms with E-state index >= 15 is 0 Å². The van der Waals surface area contributed by atoms with Crippen LogP contribution in [0.1, 0.15) is 21.6 Å². The van der Waals surface area contributed by atoms with E-state index in [0.717, 1.165) is 40.1 Å². The van der Waals surface area contributed by atoms with Crippen molar-refractivity contribution in [2.75, 3.05) is 18.8 Å². The van der Waals surface area contributed by atoms with Crippen molar-refractivity contribution in [3.8, 4) is 0 Å². The summed E-state index contributed by atoms with van der Waals surface area (Å²) in [5.41, 5.74) is 3.85. The van der Waals surface area contributed by atoms with Gasteiger partial charge >= 0.3 is 0 Å². The molecule has 1 aromatic carbocycles. The van der Waals surface area contributed by atoms with Gasteiger partial charge in [0.1, 0.15) is 0 Å². The monoisotopic (exact) mass is 380 g/mol. The summed E-state index contributed by atoms with van der Waals surface area (Å²) in [6, 6.07) is 9.44. The normalized spacial score (nSPS) is 17.0. The fourth-order valence-corrected chi connectivity index (χ4v) is 4.80. The third kappa shape index (κ3) is 3.06. The molecular weight excluding hydrogens is 360 g/mol. The topological polar surface area (TPSA) is 71.0 Å². The number of carbonyl (C=O) groups is 1. The zero-order valence-electron chi connectivity index (χ0n) is 14.9. The number of amides is 1. The molecule has 0 unspecified atom stereocenters. The third-order valence-corrected chi connectivity index (χ3v) is 6.39. The number of H-pyrrole nitrogens is 1. The lowest BCUT2D eigenvalue weighted by Crippen LogP contribution is -2.52. The summed E-state index contributed by atoms with van der Waals surface area (Å²) in [5.74, 6) is 2.29. The van der Waals surface area contributed by atoms with Crippen molar-refractivity contribution in [3.05, 3.63) is 63.7 Å². The van der Waals surface area contributed by atoms with E-state index in [4.69, 9.17) is 0 Å². The molecule has 27 heavy (non-hydrogen) atoms. The molecule has 6 nitrogen and oxygen atoms in total. The average molecular weight is 380 g/mol. The maximum absolute atomic E-state index is 12.7. The molecule has 1 saturated heterocycles. The van der Waals surface area contributed by atoms with E-state index in [0.29, 0.717) is 25.2 Å². The number of nitrogens with zero attached hydrogens (tertiary/aromatic N) is 3. The lowest BCUT2D eigenvalue weighted by atomic mass is 9.98. The van der Waals surface area contributed by atoms with Crippen LogP contribution < -0.4 is 5.56 Å². The van der Waals surface area contributed by atoms with Crippen molar-refractivity contribution in [3.63, 3.8) is 0 Å². The highest BCUT2D eigenvalue weighted by Gasteiger charge is 2.32. The number of fused-ring (bicyclic) bond motifs is 2. The summed E-state index contributed by atoms with van der Waals surface area (Å²) in [6.07, 6.45) is 2.80. The van der Waals surface area contributed by atoms with Crippen LogP contribution >= 0.6 is 11.8 Å². The van der Waals surface area contributed by atoms with Gasteiger partial charge in [0, 0.05) is 59.9 Å². The van der Waals surface area contributed by atoms with Crippen molar-refractivity contribution in [1.29, 1.82) is 0 Å². The van der Waals surface area contributed by atoms with Gasteiger partial charge in [-0.15, -0.1) is 0 Å².